The molecule has 11 nitrogen and oxygen atoms in total. The van der Waals surface area contributed by atoms with Crippen LogP contribution in [0.4, 0.5) is 0 Å². The Bertz CT molecular complexity index is 525. The molecule has 0 aliphatic carbocycles. The molecule has 7 N–H and O–H groups in total. The number of hydrogen-bond donors (Lipinski definition) is 7. The van der Waals surface area contributed by atoms with Crippen molar-refractivity contribution in [1.29, 1.82) is 0 Å². The summed E-state index contributed by atoms with van der Waals surface area (Å²) in [6.07, 6.45) is -13.1. The zero-order valence-electron chi connectivity index (χ0n) is 15.3. The Morgan fingerprint density at radius 1 is 0.893 bits per heavy atom. The molecule has 0 unspecified atom stereocenters. The predicted molar refractivity (Wildman–Crippen MR) is 100 cm³/mol. The summed E-state index contributed by atoms with van der Waals surface area (Å²) >= 11 is 6.13. The summed E-state index contributed by atoms with van der Waals surface area (Å²) in [7, 11) is 3.41. The highest BCUT2D eigenvalue weighted by atomic mass is 32.2. The monoisotopic (exact) mass is 445 g/mol. The lowest BCUT2D eigenvalue weighted by Gasteiger charge is -2.46. The molecule has 164 valence electrons. The van der Waals surface area contributed by atoms with Gasteiger partial charge in [-0.05, 0) is 0 Å². The molecular formula is C15H27NO10S2. The average molecular weight is 446 g/mol. The molecule has 2 aliphatic rings. The van der Waals surface area contributed by atoms with Gasteiger partial charge in [0.2, 0.25) is 0 Å². The maximum Gasteiger partial charge on any atom is 0.187 e. The van der Waals surface area contributed by atoms with Crippen molar-refractivity contribution in [1.82, 2.24) is 4.90 Å². The smallest absolute Gasteiger partial charge is 0.187 e. The molecule has 0 aromatic rings. The summed E-state index contributed by atoms with van der Waals surface area (Å²) in [6.45, 7) is -1.24. The molecule has 0 spiro atoms. The van der Waals surface area contributed by atoms with E-state index in [2.05, 4.69) is 0 Å². The van der Waals surface area contributed by atoms with Gasteiger partial charge in [0.1, 0.15) is 58.6 Å². The van der Waals surface area contributed by atoms with E-state index in [9.17, 15) is 35.7 Å². The van der Waals surface area contributed by atoms with Gasteiger partial charge in [-0.15, -0.1) is 0 Å². The molecule has 0 aromatic carbocycles. The predicted octanol–water partition coefficient (Wildman–Crippen LogP) is -3.81. The first kappa shape index (κ1) is 24.1. The third kappa shape index (κ3) is 5.11. The fourth-order valence-corrected chi connectivity index (χ4v) is 4.05. The minimum atomic E-state index is -1.70. The minimum absolute atomic E-state index is 0.390. The molecule has 0 aromatic heterocycles. The molecule has 2 saturated heterocycles. The number of nitrogens with zero attached hydrogens (tertiary/aromatic N) is 1. The Balaban J connectivity index is 2.11. The number of aliphatic hydroxyl groups excluding tert-OH is 7. The molecular weight excluding hydrogens is 418 g/mol. The second kappa shape index (κ2) is 10.2. The molecule has 0 amide bonds. The van der Waals surface area contributed by atoms with Gasteiger partial charge in [-0.3, -0.25) is 0 Å². The van der Waals surface area contributed by atoms with Crippen LogP contribution in [0.1, 0.15) is 0 Å². The van der Waals surface area contributed by atoms with Crippen LogP contribution < -0.4 is 0 Å². The number of thioether (sulfide) groups is 1. The van der Waals surface area contributed by atoms with Crippen LogP contribution in [-0.4, -0.2) is 133 Å². The maximum absolute atomic E-state index is 10.5. The van der Waals surface area contributed by atoms with Crippen LogP contribution in [0.3, 0.4) is 0 Å². The average Bonchev–Trinajstić information content (AvgIpc) is 2.67. The Kier molecular flexibility index (Phi) is 8.82. The summed E-state index contributed by atoms with van der Waals surface area (Å²) < 4.78 is 16.7. The summed E-state index contributed by atoms with van der Waals surface area (Å²) in [5.74, 6) is 0. The van der Waals surface area contributed by atoms with E-state index in [0.29, 0.717) is 4.32 Å². The van der Waals surface area contributed by atoms with Gasteiger partial charge in [-0.2, -0.15) is 0 Å². The normalized spacial score (nSPS) is 44.3. The third-order valence-electron chi connectivity index (χ3n) is 4.54. The molecule has 0 saturated carbocycles. The van der Waals surface area contributed by atoms with Crippen LogP contribution in [0, 0.1) is 0 Å². The third-order valence-corrected chi connectivity index (χ3v) is 6.39. The van der Waals surface area contributed by atoms with Gasteiger partial charge in [0, 0.05) is 14.1 Å². The van der Waals surface area contributed by atoms with Gasteiger partial charge in [0.25, 0.3) is 0 Å². The van der Waals surface area contributed by atoms with Crippen LogP contribution in [-0.2, 0) is 14.2 Å². The molecule has 10 atom stereocenters. The van der Waals surface area contributed by atoms with Crippen LogP contribution >= 0.6 is 24.0 Å². The van der Waals surface area contributed by atoms with E-state index in [1.165, 1.54) is 0 Å². The molecule has 2 rings (SSSR count). The van der Waals surface area contributed by atoms with Gasteiger partial charge in [-0.25, -0.2) is 0 Å². The Morgan fingerprint density at radius 2 is 1.50 bits per heavy atom. The summed E-state index contributed by atoms with van der Waals surface area (Å²) in [6, 6.07) is 0. The van der Waals surface area contributed by atoms with E-state index in [4.69, 9.17) is 26.4 Å². The zero-order valence-corrected chi connectivity index (χ0v) is 16.9. The highest BCUT2D eigenvalue weighted by molar-refractivity contribution is 8.23. The number of rotatable bonds is 5. The van der Waals surface area contributed by atoms with Gasteiger partial charge < -0.3 is 54.9 Å². The van der Waals surface area contributed by atoms with Crippen molar-refractivity contribution >= 4 is 28.3 Å². The fraction of sp³-hybridized carbons (Fsp3) is 0.933. The van der Waals surface area contributed by atoms with Gasteiger partial charge in [0.15, 0.2) is 6.29 Å². The first-order valence-corrected chi connectivity index (χ1v) is 9.87. The lowest BCUT2D eigenvalue weighted by molar-refractivity contribution is -0.338. The molecule has 2 aliphatic heterocycles. The number of hydrogen-bond acceptors (Lipinski definition) is 12. The van der Waals surface area contributed by atoms with Crippen molar-refractivity contribution in [2.45, 2.75) is 60.6 Å². The molecule has 13 heteroatoms. The van der Waals surface area contributed by atoms with Crippen LogP contribution in [0.25, 0.3) is 0 Å². The van der Waals surface area contributed by atoms with Crippen molar-refractivity contribution in [2.75, 3.05) is 27.3 Å². The maximum atomic E-state index is 10.5. The standard InChI is InChI=1S/C15H27NO10S2/c1-16(2)15(27)28-14-11(23)9(21)12(6(4-18)25-14)26-13-10(22)8(20)7(19)5(3-17)24-13/h5-14,17-23H,3-4H2,1-2H3/t5-,6-,7+,8+,9-,10+,11+,12+,13+,14-/m0/s1. The molecule has 28 heavy (non-hydrogen) atoms. The first-order chi connectivity index (χ1) is 13.1. The van der Waals surface area contributed by atoms with Crippen molar-refractivity contribution in [3.05, 3.63) is 0 Å². The SMILES string of the molecule is CN(C)C(=S)S[C@@H]1O[C@@H](CO)[C@@H](O[C@H]2O[C@@H](CO)[C@@H](O)[C@@H](O)[C@H]2O)[C@@H](O)[C@H]1O. The van der Waals surface area contributed by atoms with Gasteiger partial charge in [0.05, 0.1) is 13.2 Å². The molecule has 0 radical (unpaired) electrons. The lowest BCUT2D eigenvalue weighted by atomic mass is 9.97. The second-order valence-electron chi connectivity index (χ2n) is 6.78. The van der Waals surface area contributed by atoms with E-state index in [1.54, 1.807) is 19.0 Å². The Morgan fingerprint density at radius 3 is 2.04 bits per heavy atom. The van der Waals surface area contributed by atoms with Crippen molar-refractivity contribution in [2.24, 2.45) is 0 Å². The Hall–Kier alpha value is -0.160. The quantitative estimate of drug-likeness (QED) is 0.206. The number of thiocarbonyl (C=S) groups is 1. The van der Waals surface area contributed by atoms with E-state index >= 15 is 0 Å². The molecule has 0 bridgehead atoms. The minimum Gasteiger partial charge on any atom is -0.394 e. The van der Waals surface area contributed by atoms with Crippen molar-refractivity contribution in [3.63, 3.8) is 0 Å². The highest BCUT2D eigenvalue weighted by Crippen LogP contribution is 2.33. The van der Waals surface area contributed by atoms with Crippen LogP contribution in [0.5, 0.6) is 0 Å². The summed E-state index contributed by atoms with van der Waals surface area (Å²) in [5.41, 5.74) is -0.975. The molecule has 2 fully saturated rings. The largest absolute Gasteiger partial charge is 0.394 e. The summed E-state index contributed by atoms with van der Waals surface area (Å²) in [4.78, 5) is 1.62. The second-order valence-corrected chi connectivity index (χ2v) is 8.51. The van der Waals surface area contributed by atoms with E-state index in [-0.39, 0.29) is 0 Å². The Labute approximate surface area is 171 Å². The zero-order chi connectivity index (χ0) is 21.2. The fourth-order valence-electron chi connectivity index (χ4n) is 2.86. The summed E-state index contributed by atoms with van der Waals surface area (Å²) in [5, 5.41) is 69.5. The number of aliphatic hydroxyl groups is 7. The van der Waals surface area contributed by atoms with Crippen molar-refractivity contribution < 1.29 is 50.0 Å². The topological polar surface area (TPSA) is 173 Å². The van der Waals surface area contributed by atoms with Gasteiger partial charge in [-0.1, -0.05) is 24.0 Å². The first-order valence-electron chi connectivity index (χ1n) is 8.58. The van der Waals surface area contributed by atoms with Gasteiger partial charge >= 0.3 is 0 Å². The van der Waals surface area contributed by atoms with E-state index in [0.717, 1.165) is 11.8 Å². The van der Waals surface area contributed by atoms with Crippen molar-refractivity contribution in [3.8, 4) is 0 Å². The highest BCUT2D eigenvalue weighted by Gasteiger charge is 2.50. The lowest BCUT2D eigenvalue weighted by Crippen LogP contribution is -2.64. The van der Waals surface area contributed by atoms with Crippen LogP contribution in [0.15, 0.2) is 0 Å². The van der Waals surface area contributed by atoms with E-state index in [1.807, 2.05) is 0 Å². The van der Waals surface area contributed by atoms with E-state index < -0.39 is 73.8 Å². The molecule has 2 heterocycles. The number of ether oxygens (including phenoxy) is 3. The van der Waals surface area contributed by atoms with Crippen LogP contribution in [0.2, 0.25) is 0 Å².